The van der Waals surface area contributed by atoms with Gasteiger partial charge in [0.2, 0.25) is 0 Å². The molecule has 1 unspecified atom stereocenters. The van der Waals surface area contributed by atoms with E-state index >= 15 is 4.39 Å². The van der Waals surface area contributed by atoms with Gasteiger partial charge in [-0.05, 0) is 29.8 Å². The van der Waals surface area contributed by atoms with Crippen molar-refractivity contribution in [1.29, 1.82) is 0 Å². The SMILES string of the molecule is O=C(O)C1CN(C(c2ccccc2)c2oc3cccc(Sc4ccccc4)c3c2F)C1. The van der Waals surface area contributed by atoms with Crippen molar-refractivity contribution in [2.75, 3.05) is 13.1 Å². The van der Waals surface area contributed by atoms with Gasteiger partial charge in [0.05, 0.1) is 17.3 Å². The Bertz CT molecular complexity index is 1220. The van der Waals surface area contributed by atoms with E-state index in [9.17, 15) is 9.90 Å². The highest BCUT2D eigenvalue weighted by Gasteiger charge is 2.40. The number of hydrogen-bond donors (Lipinski definition) is 1. The molecular weight excluding hydrogens is 413 g/mol. The normalized spacial score (nSPS) is 15.6. The molecule has 5 rings (SSSR count). The van der Waals surface area contributed by atoms with Crippen LogP contribution in [0.25, 0.3) is 11.0 Å². The molecule has 1 aliphatic rings. The first-order valence-corrected chi connectivity index (χ1v) is 10.9. The van der Waals surface area contributed by atoms with Gasteiger partial charge in [0.25, 0.3) is 0 Å². The molecule has 2 heterocycles. The van der Waals surface area contributed by atoms with E-state index in [0.29, 0.717) is 24.1 Å². The van der Waals surface area contributed by atoms with Crippen LogP contribution in [0, 0.1) is 11.7 Å². The van der Waals surface area contributed by atoms with Crippen molar-refractivity contribution < 1.29 is 18.7 Å². The number of likely N-dealkylation sites (tertiary alicyclic amines) is 1. The molecular formula is C25H20FNO3S. The molecule has 4 aromatic rings. The number of nitrogens with zero attached hydrogens (tertiary/aromatic N) is 1. The summed E-state index contributed by atoms with van der Waals surface area (Å²) in [5, 5.41) is 9.75. The van der Waals surface area contributed by atoms with E-state index in [-0.39, 0.29) is 11.6 Å². The number of aliphatic carboxylic acids is 1. The first-order valence-electron chi connectivity index (χ1n) is 10.1. The van der Waals surface area contributed by atoms with Crippen molar-refractivity contribution in [1.82, 2.24) is 4.90 Å². The number of hydrogen-bond acceptors (Lipinski definition) is 4. The summed E-state index contributed by atoms with van der Waals surface area (Å²) in [4.78, 5) is 15.1. The lowest BCUT2D eigenvalue weighted by molar-refractivity contribution is -0.148. The van der Waals surface area contributed by atoms with E-state index in [1.807, 2.05) is 77.7 Å². The summed E-state index contributed by atoms with van der Waals surface area (Å²) >= 11 is 1.49. The van der Waals surface area contributed by atoms with Crippen LogP contribution in [-0.4, -0.2) is 29.1 Å². The minimum Gasteiger partial charge on any atom is -0.481 e. The molecule has 3 aromatic carbocycles. The van der Waals surface area contributed by atoms with E-state index in [4.69, 9.17) is 4.42 Å². The summed E-state index contributed by atoms with van der Waals surface area (Å²) in [7, 11) is 0. The predicted molar refractivity (Wildman–Crippen MR) is 118 cm³/mol. The molecule has 0 spiro atoms. The van der Waals surface area contributed by atoms with E-state index < -0.39 is 17.9 Å². The molecule has 0 bridgehead atoms. The minimum absolute atomic E-state index is 0.228. The Hall–Kier alpha value is -3.09. The van der Waals surface area contributed by atoms with Crippen molar-refractivity contribution in [2.24, 2.45) is 5.92 Å². The van der Waals surface area contributed by atoms with E-state index in [2.05, 4.69) is 0 Å². The second-order valence-corrected chi connectivity index (χ2v) is 8.74. The van der Waals surface area contributed by atoms with Gasteiger partial charge in [0.1, 0.15) is 5.58 Å². The predicted octanol–water partition coefficient (Wildman–Crippen LogP) is 5.83. The largest absolute Gasteiger partial charge is 0.481 e. The summed E-state index contributed by atoms with van der Waals surface area (Å²) in [5.41, 5.74) is 1.37. The fourth-order valence-electron chi connectivity index (χ4n) is 4.02. The number of rotatable bonds is 6. The van der Waals surface area contributed by atoms with Crippen LogP contribution in [0.2, 0.25) is 0 Å². The number of carbonyl (C=O) groups is 1. The minimum atomic E-state index is -0.824. The van der Waals surface area contributed by atoms with Crippen LogP contribution < -0.4 is 0 Å². The van der Waals surface area contributed by atoms with Crippen LogP contribution in [0.1, 0.15) is 17.4 Å². The zero-order chi connectivity index (χ0) is 21.4. The molecule has 0 amide bonds. The van der Waals surface area contributed by atoms with Crippen molar-refractivity contribution in [3.8, 4) is 0 Å². The Kier molecular flexibility index (Phi) is 5.26. The lowest BCUT2D eigenvalue weighted by atomic mass is 9.93. The van der Waals surface area contributed by atoms with E-state index in [0.717, 1.165) is 15.4 Å². The lowest BCUT2D eigenvalue weighted by Crippen LogP contribution is -2.52. The first kappa shape index (κ1) is 19.8. The summed E-state index contributed by atoms with van der Waals surface area (Å²) < 4.78 is 21.9. The van der Waals surface area contributed by atoms with Crippen molar-refractivity contribution in [3.05, 3.63) is 96.0 Å². The maximum atomic E-state index is 15.9. The Morgan fingerprint density at radius 2 is 1.68 bits per heavy atom. The average Bonchev–Trinajstić information content (AvgIpc) is 3.08. The van der Waals surface area contributed by atoms with Gasteiger partial charge >= 0.3 is 5.97 Å². The van der Waals surface area contributed by atoms with Gasteiger partial charge in [-0.1, -0.05) is 66.4 Å². The van der Waals surface area contributed by atoms with E-state index in [1.54, 1.807) is 6.07 Å². The molecule has 31 heavy (non-hydrogen) atoms. The molecule has 1 aromatic heterocycles. The third-order valence-corrected chi connectivity index (χ3v) is 6.67. The Morgan fingerprint density at radius 3 is 2.35 bits per heavy atom. The van der Waals surface area contributed by atoms with Crippen molar-refractivity contribution in [2.45, 2.75) is 15.8 Å². The van der Waals surface area contributed by atoms with Gasteiger partial charge in [-0.3, -0.25) is 9.69 Å². The van der Waals surface area contributed by atoms with Crippen molar-refractivity contribution in [3.63, 3.8) is 0 Å². The number of benzene rings is 3. The number of furan rings is 1. The van der Waals surface area contributed by atoms with Crippen LogP contribution in [0.4, 0.5) is 4.39 Å². The molecule has 1 N–H and O–H groups in total. The fraction of sp³-hybridized carbons (Fsp3) is 0.160. The van der Waals surface area contributed by atoms with Crippen LogP contribution in [-0.2, 0) is 4.79 Å². The average molecular weight is 434 g/mol. The van der Waals surface area contributed by atoms with Gasteiger partial charge in [-0.15, -0.1) is 0 Å². The number of fused-ring (bicyclic) bond motifs is 1. The molecule has 0 radical (unpaired) electrons. The van der Waals surface area contributed by atoms with Gasteiger partial charge in [0, 0.05) is 22.9 Å². The van der Waals surface area contributed by atoms with Crippen LogP contribution in [0.3, 0.4) is 0 Å². The van der Waals surface area contributed by atoms with Crippen LogP contribution in [0.15, 0.2) is 93.1 Å². The monoisotopic (exact) mass is 433 g/mol. The smallest absolute Gasteiger partial charge is 0.309 e. The first-order chi connectivity index (χ1) is 15.1. The highest BCUT2D eigenvalue weighted by Crippen LogP contribution is 2.42. The highest BCUT2D eigenvalue weighted by atomic mass is 32.2. The Labute approximate surface area is 183 Å². The summed E-state index contributed by atoms with van der Waals surface area (Å²) in [6, 6.07) is 24.4. The maximum Gasteiger partial charge on any atom is 0.309 e. The molecule has 6 heteroatoms. The summed E-state index contributed by atoms with van der Waals surface area (Å²) in [6.45, 7) is 0.716. The zero-order valence-corrected chi connectivity index (χ0v) is 17.4. The summed E-state index contributed by atoms with van der Waals surface area (Å²) in [5.74, 6) is -1.43. The molecule has 0 aliphatic carbocycles. The second-order valence-electron chi connectivity index (χ2n) is 7.63. The lowest BCUT2D eigenvalue weighted by Gasteiger charge is -2.41. The Morgan fingerprint density at radius 1 is 1.00 bits per heavy atom. The second kappa shape index (κ2) is 8.21. The van der Waals surface area contributed by atoms with Gasteiger partial charge in [-0.2, -0.15) is 0 Å². The zero-order valence-electron chi connectivity index (χ0n) is 16.6. The van der Waals surface area contributed by atoms with Gasteiger partial charge in [0.15, 0.2) is 11.6 Å². The van der Waals surface area contributed by atoms with Crippen molar-refractivity contribution >= 4 is 28.7 Å². The quantitative estimate of drug-likeness (QED) is 0.415. The van der Waals surface area contributed by atoms with Crippen LogP contribution >= 0.6 is 11.8 Å². The standard InChI is InChI=1S/C25H20FNO3S/c26-22-21-19(12-7-13-20(21)31-18-10-5-2-6-11-18)30-24(22)23(16-8-3-1-4-9-16)27-14-17(15-27)25(28)29/h1-13,17,23H,14-15H2,(H,28,29). The van der Waals surface area contributed by atoms with Crippen LogP contribution in [0.5, 0.6) is 0 Å². The number of carboxylic acids is 1. The Balaban J connectivity index is 1.58. The van der Waals surface area contributed by atoms with Gasteiger partial charge < -0.3 is 9.52 Å². The van der Waals surface area contributed by atoms with E-state index in [1.165, 1.54) is 11.8 Å². The molecule has 1 atom stereocenters. The highest BCUT2D eigenvalue weighted by molar-refractivity contribution is 7.99. The molecule has 1 saturated heterocycles. The number of halogens is 1. The molecule has 1 aliphatic heterocycles. The number of carboxylic acid groups (broad SMARTS) is 1. The third kappa shape index (κ3) is 3.73. The molecule has 0 saturated carbocycles. The summed E-state index contributed by atoms with van der Waals surface area (Å²) in [6.07, 6.45) is 0. The fourth-order valence-corrected chi connectivity index (χ4v) is 5.00. The molecule has 1 fully saturated rings. The topological polar surface area (TPSA) is 53.7 Å². The molecule has 156 valence electrons. The maximum absolute atomic E-state index is 15.9. The van der Waals surface area contributed by atoms with Gasteiger partial charge in [-0.25, -0.2) is 4.39 Å². The molecule has 4 nitrogen and oxygen atoms in total. The third-order valence-electron chi connectivity index (χ3n) is 5.60.